The SMILES string of the molecule is CCn1ccnc1C(NC(=O)c1cc(N(C)C)ccn1)C1CCOCC1. The summed E-state index contributed by atoms with van der Waals surface area (Å²) in [4.78, 5) is 23.7. The van der Waals surface area contributed by atoms with E-state index in [0.29, 0.717) is 11.6 Å². The van der Waals surface area contributed by atoms with Crippen molar-refractivity contribution in [3.05, 3.63) is 42.2 Å². The van der Waals surface area contributed by atoms with Crippen LogP contribution in [-0.4, -0.2) is 47.8 Å². The lowest BCUT2D eigenvalue weighted by Gasteiger charge is -2.30. The van der Waals surface area contributed by atoms with Gasteiger partial charge in [-0.05, 0) is 37.8 Å². The second kappa shape index (κ2) is 8.31. The Morgan fingerprint density at radius 1 is 1.35 bits per heavy atom. The van der Waals surface area contributed by atoms with Gasteiger partial charge in [0.1, 0.15) is 11.5 Å². The number of ether oxygens (including phenoxy) is 1. The van der Waals surface area contributed by atoms with Gasteiger partial charge in [-0.15, -0.1) is 0 Å². The van der Waals surface area contributed by atoms with Gasteiger partial charge in [0, 0.05) is 58.1 Å². The number of rotatable bonds is 6. The molecule has 3 rings (SSSR count). The smallest absolute Gasteiger partial charge is 0.270 e. The Morgan fingerprint density at radius 3 is 2.81 bits per heavy atom. The minimum Gasteiger partial charge on any atom is -0.381 e. The zero-order chi connectivity index (χ0) is 18.5. The quantitative estimate of drug-likeness (QED) is 0.859. The molecule has 0 aromatic carbocycles. The molecule has 140 valence electrons. The number of hydrogen-bond acceptors (Lipinski definition) is 5. The van der Waals surface area contributed by atoms with Crippen molar-refractivity contribution >= 4 is 11.6 Å². The number of hydrogen-bond donors (Lipinski definition) is 1. The van der Waals surface area contributed by atoms with Gasteiger partial charge in [-0.2, -0.15) is 0 Å². The molecule has 2 aromatic rings. The third-order valence-corrected chi connectivity index (χ3v) is 4.88. The summed E-state index contributed by atoms with van der Waals surface area (Å²) in [6.45, 7) is 4.34. The monoisotopic (exact) mass is 357 g/mol. The molecule has 1 atom stereocenters. The van der Waals surface area contributed by atoms with Gasteiger partial charge in [-0.25, -0.2) is 4.98 Å². The molecular weight excluding hydrogens is 330 g/mol. The Balaban J connectivity index is 1.85. The first-order chi connectivity index (χ1) is 12.6. The van der Waals surface area contributed by atoms with Crippen LogP contribution in [0, 0.1) is 5.92 Å². The Kier molecular flexibility index (Phi) is 5.88. The van der Waals surface area contributed by atoms with E-state index in [4.69, 9.17) is 4.74 Å². The highest BCUT2D eigenvalue weighted by Crippen LogP contribution is 2.29. The van der Waals surface area contributed by atoms with Crippen molar-refractivity contribution in [2.75, 3.05) is 32.2 Å². The first-order valence-electron chi connectivity index (χ1n) is 9.13. The third kappa shape index (κ3) is 4.04. The average molecular weight is 357 g/mol. The Labute approximate surface area is 154 Å². The van der Waals surface area contributed by atoms with Crippen molar-refractivity contribution in [1.82, 2.24) is 19.9 Å². The number of amides is 1. The lowest BCUT2D eigenvalue weighted by Crippen LogP contribution is -2.38. The molecule has 1 N–H and O–H groups in total. The molecule has 0 radical (unpaired) electrons. The minimum absolute atomic E-state index is 0.147. The lowest BCUT2D eigenvalue weighted by molar-refractivity contribution is 0.0497. The molecule has 0 bridgehead atoms. The molecule has 1 unspecified atom stereocenters. The minimum atomic E-state index is -0.171. The van der Waals surface area contributed by atoms with Gasteiger partial charge in [-0.3, -0.25) is 9.78 Å². The number of imidazole rings is 1. The van der Waals surface area contributed by atoms with E-state index in [1.54, 1.807) is 12.4 Å². The molecule has 0 aliphatic carbocycles. The fraction of sp³-hybridized carbons (Fsp3) is 0.526. The van der Waals surface area contributed by atoms with Crippen molar-refractivity contribution < 1.29 is 9.53 Å². The summed E-state index contributed by atoms with van der Waals surface area (Å²) in [5, 5.41) is 3.19. The molecule has 0 saturated carbocycles. The highest BCUT2D eigenvalue weighted by Gasteiger charge is 2.30. The molecule has 26 heavy (non-hydrogen) atoms. The predicted molar refractivity (Wildman–Crippen MR) is 100 cm³/mol. The van der Waals surface area contributed by atoms with Crippen LogP contribution in [0.4, 0.5) is 5.69 Å². The molecule has 7 heteroatoms. The van der Waals surface area contributed by atoms with E-state index >= 15 is 0 Å². The van der Waals surface area contributed by atoms with Crippen LogP contribution in [0.3, 0.4) is 0 Å². The number of aryl methyl sites for hydroxylation is 1. The van der Waals surface area contributed by atoms with Crippen molar-refractivity contribution in [3.8, 4) is 0 Å². The van der Waals surface area contributed by atoms with Crippen LogP contribution in [0.25, 0.3) is 0 Å². The van der Waals surface area contributed by atoms with Crippen LogP contribution < -0.4 is 10.2 Å². The average Bonchev–Trinajstić information content (AvgIpc) is 3.15. The maximum Gasteiger partial charge on any atom is 0.270 e. The third-order valence-electron chi connectivity index (χ3n) is 4.88. The standard InChI is InChI=1S/C19H27N5O2/c1-4-24-10-9-21-18(24)17(14-6-11-26-12-7-14)22-19(25)16-13-15(23(2)3)5-8-20-16/h5,8-10,13-14,17H,4,6-7,11-12H2,1-3H3,(H,22,25). The number of anilines is 1. The second-order valence-electron chi connectivity index (χ2n) is 6.77. The van der Waals surface area contributed by atoms with Gasteiger partial charge in [-0.1, -0.05) is 0 Å². The van der Waals surface area contributed by atoms with E-state index < -0.39 is 0 Å². The van der Waals surface area contributed by atoms with E-state index in [0.717, 1.165) is 44.1 Å². The summed E-state index contributed by atoms with van der Waals surface area (Å²) in [6.07, 6.45) is 7.24. The first kappa shape index (κ1) is 18.4. The van der Waals surface area contributed by atoms with Crippen LogP contribution >= 0.6 is 0 Å². The molecule has 1 aliphatic heterocycles. The Hall–Kier alpha value is -2.41. The second-order valence-corrected chi connectivity index (χ2v) is 6.77. The number of aromatic nitrogens is 3. The van der Waals surface area contributed by atoms with Crippen LogP contribution in [0.1, 0.15) is 42.1 Å². The normalized spacial score (nSPS) is 16.3. The van der Waals surface area contributed by atoms with Gasteiger partial charge in [0.2, 0.25) is 0 Å². The van der Waals surface area contributed by atoms with Crippen LogP contribution in [-0.2, 0) is 11.3 Å². The van der Waals surface area contributed by atoms with Crippen molar-refractivity contribution in [2.45, 2.75) is 32.4 Å². The number of pyridine rings is 1. The van der Waals surface area contributed by atoms with Crippen LogP contribution in [0.5, 0.6) is 0 Å². The maximum atomic E-state index is 12.9. The number of carbonyl (C=O) groups excluding carboxylic acids is 1. The summed E-state index contributed by atoms with van der Waals surface area (Å²) < 4.78 is 7.59. The van der Waals surface area contributed by atoms with Crippen molar-refractivity contribution in [3.63, 3.8) is 0 Å². The zero-order valence-electron chi connectivity index (χ0n) is 15.7. The largest absolute Gasteiger partial charge is 0.381 e. The molecule has 1 fully saturated rings. The maximum absolute atomic E-state index is 12.9. The number of nitrogens with one attached hydrogen (secondary N) is 1. The molecule has 1 amide bonds. The van der Waals surface area contributed by atoms with Gasteiger partial charge < -0.3 is 19.5 Å². The lowest BCUT2D eigenvalue weighted by atomic mass is 9.91. The topological polar surface area (TPSA) is 72.3 Å². The highest BCUT2D eigenvalue weighted by molar-refractivity contribution is 5.93. The van der Waals surface area contributed by atoms with E-state index in [-0.39, 0.29) is 11.9 Å². The predicted octanol–water partition coefficient (Wildman–Crippen LogP) is 2.26. The van der Waals surface area contributed by atoms with Crippen molar-refractivity contribution in [1.29, 1.82) is 0 Å². The molecule has 1 saturated heterocycles. The fourth-order valence-electron chi connectivity index (χ4n) is 3.35. The molecule has 7 nitrogen and oxygen atoms in total. The molecular formula is C19H27N5O2. The van der Waals surface area contributed by atoms with Crippen LogP contribution in [0.2, 0.25) is 0 Å². The summed E-state index contributed by atoms with van der Waals surface area (Å²) in [5.41, 5.74) is 1.37. The Bertz CT molecular complexity index is 737. The van der Waals surface area contributed by atoms with Gasteiger partial charge >= 0.3 is 0 Å². The first-order valence-corrected chi connectivity index (χ1v) is 9.13. The van der Waals surface area contributed by atoms with E-state index in [2.05, 4.69) is 26.8 Å². The van der Waals surface area contributed by atoms with Crippen LogP contribution in [0.15, 0.2) is 30.7 Å². The molecule has 2 aromatic heterocycles. The molecule has 3 heterocycles. The van der Waals surface area contributed by atoms with Crippen molar-refractivity contribution in [2.24, 2.45) is 5.92 Å². The van der Waals surface area contributed by atoms with E-state index in [9.17, 15) is 4.79 Å². The zero-order valence-corrected chi connectivity index (χ0v) is 15.7. The number of nitrogens with zero attached hydrogens (tertiary/aromatic N) is 4. The highest BCUT2D eigenvalue weighted by atomic mass is 16.5. The van der Waals surface area contributed by atoms with Gasteiger partial charge in [0.05, 0.1) is 6.04 Å². The van der Waals surface area contributed by atoms with E-state index in [1.807, 2.05) is 37.3 Å². The Morgan fingerprint density at radius 2 is 2.12 bits per heavy atom. The summed E-state index contributed by atoms with van der Waals surface area (Å²) >= 11 is 0. The summed E-state index contributed by atoms with van der Waals surface area (Å²) in [6, 6.07) is 3.55. The fourth-order valence-corrected chi connectivity index (χ4v) is 3.35. The molecule has 0 spiro atoms. The van der Waals surface area contributed by atoms with Gasteiger partial charge in [0.25, 0.3) is 5.91 Å². The molecule has 1 aliphatic rings. The summed E-state index contributed by atoms with van der Waals surface area (Å²) in [7, 11) is 3.89. The summed E-state index contributed by atoms with van der Waals surface area (Å²) in [5.74, 6) is 1.03. The van der Waals surface area contributed by atoms with Gasteiger partial charge in [0.15, 0.2) is 0 Å². The number of carbonyl (C=O) groups is 1. The van der Waals surface area contributed by atoms with E-state index in [1.165, 1.54) is 0 Å².